The summed E-state index contributed by atoms with van der Waals surface area (Å²) in [7, 11) is -3.68. The van der Waals surface area contributed by atoms with Crippen LogP contribution < -0.4 is 9.64 Å². The molecule has 2 aliphatic rings. The van der Waals surface area contributed by atoms with Crippen molar-refractivity contribution in [2.75, 3.05) is 18.1 Å². The van der Waals surface area contributed by atoms with Crippen molar-refractivity contribution in [1.82, 2.24) is 14.4 Å². The number of amides is 1. The fourth-order valence-electron chi connectivity index (χ4n) is 3.90. The molecule has 2 aliphatic heterocycles. The first-order valence-corrected chi connectivity index (χ1v) is 11.2. The predicted molar refractivity (Wildman–Crippen MR) is 104 cm³/mol. The average Bonchev–Trinajstić information content (AvgIpc) is 3.14. The van der Waals surface area contributed by atoms with Crippen LogP contribution in [-0.4, -0.2) is 48.0 Å². The molecule has 1 aromatic carbocycles. The number of carbonyl (C=O) groups excluding carboxylic acids is 1. The summed E-state index contributed by atoms with van der Waals surface area (Å²) in [4.78, 5) is 18.2. The zero-order valence-electron chi connectivity index (χ0n) is 16.5. The van der Waals surface area contributed by atoms with E-state index in [1.54, 1.807) is 23.4 Å². The lowest BCUT2D eigenvalue weighted by Crippen LogP contribution is -2.43. The number of aromatic nitrogens is 2. The Kier molecular flexibility index (Phi) is 5.30. The zero-order valence-corrected chi connectivity index (χ0v) is 17.3. The van der Waals surface area contributed by atoms with E-state index in [-0.39, 0.29) is 30.0 Å². The van der Waals surface area contributed by atoms with Crippen molar-refractivity contribution >= 4 is 21.6 Å². The van der Waals surface area contributed by atoms with Crippen molar-refractivity contribution in [2.45, 2.75) is 57.0 Å². The van der Waals surface area contributed by atoms with E-state index in [1.807, 2.05) is 6.92 Å². The van der Waals surface area contributed by atoms with Crippen LogP contribution in [0.1, 0.15) is 44.3 Å². The van der Waals surface area contributed by atoms with Gasteiger partial charge >= 0.3 is 0 Å². The third-order valence-electron chi connectivity index (χ3n) is 5.39. The molecule has 0 unspecified atom stereocenters. The number of sulfonamides is 1. The molecule has 1 amide bonds. The molecule has 29 heavy (non-hydrogen) atoms. The standard InChI is InChI=1S/C19H24N4O5S/c1-3-14-6-4-5-9-23(14)29(25,26)15-7-8-17-16(10-15)22(19(24)12-27-17)11-18-20-13(2)28-21-18/h7-8,10,14H,3-6,9,11-12H2,1-2H3/t14-/m0/s1. The normalized spacial score (nSPS) is 20.4. The molecule has 156 valence electrons. The number of nitrogens with zero attached hydrogens (tertiary/aromatic N) is 4. The second-order valence-corrected chi connectivity index (χ2v) is 9.19. The minimum atomic E-state index is -3.68. The number of aryl methyl sites for hydroxylation is 1. The lowest BCUT2D eigenvalue weighted by molar-refractivity contribution is -0.121. The first-order valence-electron chi connectivity index (χ1n) is 9.78. The smallest absolute Gasteiger partial charge is 0.265 e. The van der Waals surface area contributed by atoms with Gasteiger partial charge in [-0.2, -0.15) is 9.29 Å². The summed E-state index contributed by atoms with van der Waals surface area (Å²) < 4.78 is 38.7. The molecule has 2 aromatic rings. The summed E-state index contributed by atoms with van der Waals surface area (Å²) >= 11 is 0. The van der Waals surface area contributed by atoms with Crippen molar-refractivity contribution in [2.24, 2.45) is 0 Å². The van der Waals surface area contributed by atoms with Crippen LogP contribution in [0.15, 0.2) is 27.6 Å². The highest BCUT2D eigenvalue weighted by Gasteiger charge is 2.34. The maximum atomic E-state index is 13.3. The highest BCUT2D eigenvalue weighted by molar-refractivity contribution is 7.89. The van der Waals surface area contributed by atoms with Crippen molar-refractivity contribution < 1.29 is 22.5 Å². The summed E-state index contributed by atoms with van der Waals surface area (Å²) in [5.41, 5.74) is 0.398. The van der Waals surface area contributed by atoms with Gasteiger partial charge in [0, 0.05) is 19.5 Å². The second-order valence-electron chi connectivity index (χ2n) is 7.30. The van der Waals surface area contributed by atoms with Crippen molar-refractivity contribution in [1.29, 1.82) is 0 Å². The molecule has 4 rings (SSSR count). The number of benzene rings is 1. The molecule has 9 nitrogen and oxygen atoms in total. The van der Waals surface area contributed by atoms with Crippen LogP contribution in [0.25, 0.3) is 0 Å². The minimum Gasteiger partial charge on any atom is -0.482 e. The van der Waals surface area contributed by atoms with E-state index in [4.69, 9.17) is 9.26 Å². The third-order valence-corrected chi connectivity index (χ3v) is 7.34. The molecule has 1 atom stereocenters. The first-order chi connectivity index (χ1) is 13.9. The molecule has 1 aromatic heterocycles. The molecule has 10 heteroatoms. The number of hydrogen-bond donors (Lipinski definition) is 0. The molecule has 0 saturated carbocycles. The van der Waals surface area contributed by atoms with Gasteiger partial charge in [0.25, 0.3) is 5.91 Å². The van der Waals surface area contributed by atoms with Gasteiger partial charge < -0.3 is 9.26 Å². The highest BCUT2D eigenvalue weighted by Crippen LogP contribution is 2.36. The van der Waals surface area contributed by atoms with Crippen LogP contribution in [0.4, 0.5) is 5.69 Å². The number of piperidine rings is 1. The topological polar surface area (TPSA) is 106 Å². The van der Waals surface area contributed by atoms with Gasteiger partial charge in [-0.05, 0) is 37.5 Å². The van der Waals surface area contributed by atoms with E-state index in [2.05, 4.69) is 10.1 Å². The monoisotopic (exact) mass is 420 g/mol. The molecule has 3 heterocycles. The number of hydrogen-bond acceptors (Lipinski definition) is 7. The minimum absolute atomic E-state index is 0.000993. The van der Waals surface area contributed by atoms with Crippen molar-refractivity contribution in [3.63, 3.8) is 0 Å². The van der Waals surface area contributed by atoms with Crippen LogP contribution in [0.5, 0.6) is 5.75 Å². The predicted octanol–water partition coefficient (Wildman–Crippen LogP) is 2.26. The van der Waals surface area contributed by atoms with Crippen LogP contribution in [0.3, 0.4) is 0 Å². The van der Waals surface area contributed by atoms with Gasteiger partial charge in [0.2, 0.25) is 15.9 Å². The molecule has 0 radical (unpaired) electrons. The summed E-state index contributed by atoms with van der Waals surface area (Å²) in [5.74, 6) is 0.903. The molecule has 0 N–H and O–H groups in total. The van der Waals surface area contributed by atoms with Crippen molar-refractivity contribution in [3.8, 4) is 5.75 Å². The van der Waals surface area contributed by atoms with E-state index in [9.17, 15) is 13.2 Å². The molecule has 1 fully saturated rings. The molecular weight excluding hydrogens is 396 g/mol. The first kappa shape index (κ1) is 19.8. The Bertz CT molecular complexity index is 1020. The Morgan fingerprint density at radius 1 is 1.28 bits per heavy atom. The SMILES string of the molecule is CC[C@H]1CCCCN1S(=O)(=O)c1ccc2c(c1)N(Cc1noc(C)n1)C(=O)CO2. The van der Waals surface area contributed by atoms with Crippen molar-refractivity contribution in [3.05, 3.63) is 29.9 Å². The molecule has 0 aliphatic carbocycles. The van der Waals surface area contributed by atoms with Gasteiger partial charge in [-0.15, -0.1) is 0 Å². The molecule has 0 bridgehead atoms. The van der Waals surface area contributed by atoms with Crippen LogP contribution >= 0.6 is 0 Å². The van der Waals surface area contributed by atoms with Crippen LogP contribution in [0.2, 0.25) is 0 Å². The summed E-state index contributed by atoms with van der Waals surface area (Å²) in [6.45, 7) is 4.14. The Morgan fingerprint density at radius 2 is 2.10 bits per heavy atom. The van der Waals surface area contributed by atoms with Gasteiger partial charge in [0.05, 0.1) is 17.1 Å². The number of rotatable bonds is 5. The summed E-state index contributed by atoms with van der Waals surface area (Å²) in [6, 6.07) is 4.66. The Morgan fingerprint density at radius 3 is 2.83 bits per heavy atom. The number of carbonyl (C=O) groups is 1. The lowest BCUT2D eigenvalue weighted by atomic mass is 10.0. The molecule has 0 spiro atoms. The molecular formula is C19H24N4O5S. The highest BCUT2D eigenvalue weighted by atomic mass is 32.2. The van der Waals surface area contributed by atoms with E-state index in [0.29, 0.717) is 29.7 Å². The maximum absolute atomic E-state index is 13.3. The van der Waals surface area contributed by atoms with E-state index in [1.165, 1.54) is 11.0 Å². The van der Waals surface area contributed by atoms with Gasteiger partial charge in [0.1, 0.15) is 5.75 Å². The summed E-state index contributed by atoms with van der Waals surface area (Å²) in [5, 5.41) is 3.84. The number of fused-ring (bicyclic) bond motifs is 1. The lowest BCUT2D eigenvalue weighted by Gasteiger charge is -2.34. The fourth-order valence-corrected chi connectivity index (χ4v) is 5.68. The largest absolute Gasteiger partial charge is 0.482 e. The number of ether oxygens (including phenoxy) is 1. The van der Waals surface area contributed by atoms with Gasteiger partial charge in [-0.25, -0.2) is 8.42 Å². The van der Waals surface area contributed by atoms with Gasteiger partial charge in [-0.1, -0.05) is 18.5 Å². The van der Waals surface area contributed by atoms with E-state index >= 15 is 0 Å². The molecule has 1 saturated heterocycles. The average molecular weight is 420 g/mol. The van der Waals surface area contributed by atoms with E-state index in [0.717, 1.165) is 25.7 Å². The van der Waals surface area contributed by atoms with Gasteiger partial charge in [0.15, 0.2) is 12.4 Å². The Hall–Kier alpha value is -2.46. The van der Waals surface area contributed by atoms with Gasteiger partial charge in [-0.3, -0.25) is 9.69 Å². The van der Waals surface area contributed by atoms with Crippen LogP contribution in [-0.2, 0) is 21.4 Å². The fraction of sp³-hybridized carbons (Fsp3) is 0.526. The third kappa shape index (κ3) is 3.74. The van der Waals surface area contributed by atoms with E-state index < -0.39 is 10.0 Å². The summed E-state index contributed by atoms with van der Waals surface area (Å²) in [6.07, 6.45) is 3.53. The Balaban J connectivity index is 1.70. The maximum Gasteiger partial charge on any atom is 0.265 e. The Labute approximate surface area is 169 Å². The number of anilines is 1. The van der Waals surface area contributed by atoms with Crippen LogP contribution in [0, 0.1) is 6.92 Å². The second kappa shape index (κ2) is 7.75. The zero-order chi connectivity index (χ0) is 20.6. The quantitative estimate of drug-likeness (QED) is 0.730.